The van der Waals surface area contributed by atoms with Gasteiger partial charge in [0.1, 0.15) is 4.21 Å². The van der Waals surface area contributed by atoms with Crippen molar-refractivity contribution in [1.82, 2.24) is 9.97 Å². The van der Waals surface area contributed by atoms with Gasteiger partial charge in [-0.05, 0) is 29.6 Å². The average Bonchev–Trinajstić information content (AvgIpc) is 3.06. The topological polar surface area (TPSA) is 74.8 Å². The Morgan fingerprint density at radius 1 is 1.23 bits per heavy atom. The number of sulfonamides is 1. The molecule has 0 atom stereocenters. The monoisotopic (exact) mass is 347 g/mol. The van der Waals surface area contributed by atoms with Crippen molar-refractivity contribution < 1.29 is 21.6 Å². The van der Waals surface area contributed by atoms with Gasteiger partial charge in [0.2, 0.25) is 5.82 Å². The van der Waals surface area contributed by atoms with Gasteiger partial charge in [-0.3, -0.25) is 4.72 Å². The number of halogens is 3. The highest BCUT2D eigenvalue weighted by Crippen LogP contribution is 2.29. The summed E-state index contributed by atoms with van der Waals surface area (Å²) >= 11 is 1.04. The SMILES string of the molecule is O=S(=O)(Nc1ccc2nc(C(F)(F)F)[nH]c2c1)c1cccs1. The van der Waals surface area contributed by atoms with Crippen LogP contribution in [0, 0.1) is 0 Å². The summed E-state index contributed by atoms with van der Waals surface area (Å²) in [6.45, 7) is 0. The highest BCUT2D eigenvalue weighted by Gasteiger charge is 2.34. The largest absolute Gasteiger partial charge is 0.449 e. The quantitative estimate of drug-likeness (QED) is 0.762. The molecule has 5 nitrogen and oxygen atoms in total. The van der Waals surface area contributed by atoms with Crippen molar-refractivity contribution in [2.45, 2.75) is 10.4 Å². The van der Waals surface area contributed by atoms with Crippen LogP contribution in [0.5, 0.6) is 0 Å². The molecule has 116 valence electrons. The van der Waals surface area contributed by atoms with E-state index in [4.69, 9.17) is 0 Å². The van der Waals surface area contributed by atoms with Crippen molar-refractivity contribution >= 4 is 38.1 Å². The number of rotatable bonds is 3. The molecule has 0 spiro atoms. The number of anilines is 1. The van der Waals surface area contributed by atoms with Crippen molar-refractivity contribution in [3.8, 4) is 0 Å². The van der Waals surface area contributed by atoms with E-state index < -0.39 is 22.0 Å². The fourth-order valence-corrected chi connectivity index (χ4v) is 3.87. The minimum Gasteiger partial charge on any atom is -0.334 e. The Bertz CT molecular complexity index is 915. The Morgan fingerprint density at radius 2 is 2.00 bits per heavy atom. The first-order chi connectivity index (χ1) is 10.3. The summed E-state index contributed by atoms with van der Waals surface area (Å²) in [4.78, 5) is 5.54. The molecule has 0 aliphatic rings. The first kappa shape index (κ1) is 14.9. The molecule has 2 N–H and O–H groups in total. The highest BCUT2D eigenvalue weighted by molar-refractivity contribution is 7.94. The molecule has 2 aromatic heterocycles. The summed E-state index contributed by atoms with van der Waals surface area (Å²) in [5.74, 6) is -1.12. The molecule has 2 heterocycles. The second kappa shape index (κ2) is 4.99. The maximum absolute atomic E-state index is 12.6. The summed E-state index contributed by atoms with van der Waals surface area (Å²) in [7, 11) is -3.75. The minimum atomic E-state index is -4.59. The fourth-order valence-electron chi connectivity index (χ4n) is 1.83. The van der Waals surface area contributed by atoms with Gasteiger partial charge < -0.3 is 4.98 Å². The van der Waals surface area contributed by atoms with Crippen LogP contribution in [0.3, 0.4) is 0 Å². The van der Waals surface area contributed by atoms with Crippen LogP contribution in [0.2, 0.25) is 0 Å². The number of hydrogen-bond acceptors (Lipinski definition) is 4. The molecule has 0 aliphatic carbocycles. The minimum absolute atomic E-state index is 0.0960. The highest BCUT2D eigenvalue weighted by atomic mass is 32.2. The number of nitrogens with zero attached hydrogens (tertiary/aromatic N) is 1. The van der Waals surface area contributed by atoms with Crippen molar-refractivity contribution in [3.05, 3.63) is 41.5 Å². The molecule has 0 unspecified atom stereocenters. The molecule has 0 saturated heterocycles. The summed E-state index contributed by atoms with van der Waals surface area (Å²) < 4.78 is 64.3. The second-order valence-electron chi connectivity index (χ2n) is 4.35. The van der Waals surface area contributed by atoms with Crippen LogP contribution in [0.4, 0.5) is 18.9 Å². The fraction of sp³-hybridized carbons (Fsp3) is 0.0833. The number of benzene rings is 1. The van der Waals surface area contributed by atoms with E-state index in [0.29, 0.717) is 0 Å². The predicted molar refractivity (Wildman–Crippen MR) is 76.2 cm³/mol. The smallest absolute Gasteiger partial charge is 0.334 e. The van der Waals surface area contributed by atoms with E-state index in [9.17, 15) is 21.6 Å². The molecule has 0 aliphatic heterocycles. The number of fused-ring (bicyclic) bond motifs is 1. The van der Waals surface area contributed by atoms with Crippen molar-refractivity contribution in [2.75, 3.05) is 4.72 Å². The Labute approximate surface area is 126 Å². The predicted octanol–water partition coefficient (Wildman–Crippen LogP) is 3.44. The maximum Gasteiger partial charge on any atom is 0.449 e. The van der Waals surface area contributed by atoms with Gasteiger partial charge in [-0.15, -0.1) is 11.3 Å². The Balaban J connectivity index is 1.96. The summed E-state index contributed by atoms with van der Waals surface area (Å²) in [6.07, 6.45) is -4.59. The van der Waals surface area contributed by atoms with Crippen LogP contribution in [-0.2, 0) is 16.2 Å². The van der Waals surface area contributed by atoms with E-state index in [1.165, 1.54) is 24.3 Å². The molecule has 3 rings (SSSR count). The molecule has 0 amide bonds. The third-order valence-electron chi connectivity index (χ3n) is 2.76. The van der Waals surface area contributed by atoms with E-state index in [0.717, 1.165) is 11.3 Å². The normalized spacial score (nSPS) is 12.7. The molecule has 10 heteroatoms. The molecular formula is C12H8F3N3O2S2. The zero-order valence-electron chi connectivity index (χ0n) is 10.7. The number of nitrogens with one attached hydrogen (secondary N) is 2. The van der Waals surface area contributed by atoms with Gasteiger partial charge in [0.25, 0.3) is 10.0 Å². The maximum atomic E-state index is 12.6. The Morgan fingerprint density at radius 3 is 2.64 bits per heavy atom. The Hall–Kier alpha value is -2.07. The standard InChI is InChI=1S/C12H8F3N3O2S2/c13-12(14,15)11-16-8-4-3-7(6-9(8)17-11)18-22(19,20)10-2-1-5-21-10/h1-6,18H,(H,16,17). The van der Waals surface area contributed by atoms with Gasteiger partial charge in [-0.2, -0.15) is 13.2 Å². The van der Waals surface area contributed by atoms with Gasteiger partial charge in [0, 0.05) is 0 Å². The molecule has 0 radical (unpaired) electrons. The summed E-state index contributed by atoms with van der Waals surface area (Å²) in [5.41, 5.74) is 0.350. The van der Waals surface area contributed by atoms with Crippen molar-refractivity contribution in [3.63, 3.8) is 0 Å². The molecular weight excluding hydrogens is 339 g/mol. The lowest BCUT2D eigenvalue weighted by Crippen LogP contribution is -2.11. The number of hydrogen-bond donors (Lipinski definition) is 2. The number of aromatic nitrogens is 2. The zero-order valence-corrected chi connectivity index (χ0v) is 12.3. The molecule has 3 aromatic rings. The number of thiophene rings is 1. The third-order valence-corrected chi connectivity index (χ3v) is 5.54. The molecule has 0 saturated carbocycles. The Kier molecular flexibility index (Phi) is 3.37. The lowest BCUT2D eigenvalue weighted by molar-refractivity contribution is -0.144. The van der Waals surface area contributed by atoms with Gasteiger partial charge >= 0.3 is 6.18 Å². The molecule has 0 bridgehead atoms. The van der Waals surface area contributed by atoms with Crippen LogP contribution < -0.4 is 4.72 Å². The van der Waals surface area contributed by atoms with Gasteiger partial charge in [0.05, 0.1) is 16.7 Å². The number of alkyl halides is 3. The third kappa shape index (κ3) is 2.79. The molecule has 1 aromatic carbocycles. The number of aromatic amines is 1. The average molecular weight is 347 g/mol. The van der Waals surface area contributed by atoms with E-state index in [1.54, 1.807) is 11.4 Å². The zero-order chi connectivity index (χ0) is 16.0. The summed E-state index contributed by atoms with van der Waals surface area (Å²) in [6, 6.07) is 6.96. The van der Waals surface area contributed by atoms with Crippen LogP contribution in [-0.4, -0.2) is 18.4 Å². The number of imidazole rings is 1. The van der Waals surface area contributed by atoms with Crippen LogP contribution in [0.1, 0.15) is 5.82 Å². The van der Waals surface area contributed by atoms with E-state index in [-0.39, 0.29) is 20.9 Å². The van der Waals surface area contributed by atoms with Crippen LogP contribution >= 0.6 is 11.3 Å². The molecule has 0 fully saturated rings. The van der Waals surface area contributed by atoms with Crippen LogP contribution in [0.15, 0.2) is 39.9 Å². The van der Waals surface area contributed by atoms with E-state index in [2.05, 4.69) is 14.7 Å². The second-order valence-corrected chi connectivity index (χ2v) is 7.21. The lowest BCUT2D eigenvalue weighted by atomic mass is 10.3. The van der Waals surface area contributed by atoms with Crippen molar-refractivity contribution in [1.29, 1.82) is 0 Å². The number of H-pyrrole nitrogens is 1. The van der Waals surface area contributed by atoms with Gasteiger partial charge in [-0.25, -0.2) is 13.4 Å². The molecule has 22 heavy (non-hydrogen) atoms. The van der Waals surface area contributed by atoms with E-state index >= 15 is 0 Å². The lowest BCUT2D eigenvalue weighted by Gasteiger charge is -2.05. The summed E-state index contributed by atoms with van der Waals surface area (Å²) in [5, 5.41) is 1.61. The first-order valence-electron chi connectivity index (χ1n) is 5.89. The van der Waals surface area contributed by atoms with Gasteiger partial charge in [-0.1, -0.05) is 6.07 Å². The van der Waals surface area contributed by atoms with Gasteiger partial charge in [0.15, 0.2) is 0 Å². The van der Waals surface area contributed by atoms with E-state index in [1.807, 2.05) is 0 Å². The first-order valence-corrected chi connectivity index (χ1v) is 8.25. The van der Waals surface area contributed by atoms with Crippen LogP contribution in [0.25, 0.3) is 11.0 Å². The van der Waals surface area contributed by atoms with Crippen molar-refractivity contribution in [2.24, 2.45) is 0 Å².